The zero-order valence-electron chi connectivity index (χ0n) is 12.5. The van der Waals surface area contributed by atoms with Crippen LogP contribution in [0.3, 0.4) is 0 Å². The van der Waals surface area contributed by atoms with E-state index >= 15 is 0 Å². The van der Waals surface area contributed by atoms with Crippen molar-refractivity contribution in [1.29, 1.82) is 0 Å². The summed E-state index contributed by atoms with van der Waals surface area (Å²) < 4.78 is 2.22. The van der Waals surface area contributed by atoms with Gasteiger partial charge in [0.2, 0.25) is 0 Å². The maximum Gasteiger partial charge on any atom is 0.110 e. The lowest BCUT2D eigenvalue weighted by atomic mass is 10.0. The maximum atomic E-state index is 4.78. The summed E-state index contributed by atoms with van der Waals surface area (Å²) in [4.78, 5) is 4.78. The van der Waals surface area contributed by atoms with E-state index in [1.165, 1.54) is 23.3 Å². The SMILES string of the molecule is CCCNCCc1nc2cc(C(C)C)ccc2n1C. The Labute approximate surface area is 116 Å². The van der Waals surface area contributed by atoms with Gasteiger partial charge in [0.05, 0.1) is 11.0 Å². The molecule has 3 nitrogen and oxygen atoms in total. The molecule has 104 valence electrons. The molecule has 0 radical (unpaired) electrons. The quantitative estimate of drug-likeness (QED) is 0.807. The molecule has 0 aliphatic heterocycles. The molecule has 0 saturated carbocycles. The molecule has 19 heavy (non-hydrogen) atoms. The lowest BCUT2D eigenvalue weighted by molar-refractivity contribution is 0.648. The van der Waals surface area contributed by atoms with Crippen molar-refractivity contribution in [3.63, 3.8) is 0 Å². The zero-order valence-corrected chi connectivity index (χ0v) is 12.5. The van der Waals surface area contributed by atoms with Crippen molar-refractivity contribution in [3.8, 4) is 0 Å². The van der Waals surface area contributed by atoms with Gasteiger partial charge < -0.3 is 9.88 Å². The largest absolute Gasteiger partial charge is 0.331 e. The molecule has 3 heteroatoms. The van der Waals surface area contributed by atoms with E-state index in [1.54, 1.807) is 0 Å². The van der Waals surface area contributed by atoms with Crippen LogP contribution in [0.4, 0.5) is 0 Å². The lowest BCUT2D eigenvalue weighted by Gasteiger charge is -2.05. The van der Waals surface area contributed by atoms with Gasteiger partial charge in [-0.05, 0) is 36.6 Å². The van der Waals surface area contributed by atoms with Gasteiger partial charge in [0.1, 0.15) is 5.82 Å². The smallest absolute Gasteiger partial charge is 0.110 e. The highest BCUT2D eigenvalue weighted by Crippen LogP contribution is 2.21. The molecule has 0 bridgehead atoms. The fraction of sp³-hybridized carbons (Fsp3) is 0.562. The lowest BCUT2D eigenvalue weighted by Crippen LogP contribution is -2.19. The van der Waals surface area contributed by atoms with Crippen LogP contribution in [-0.4, -0.2) is 22.6 Å². The highest BCUT2D eigenvalue weighted by Gasteiger charge is 2.09. The van der Waals surface area contributed by atoms with E-state index in [9.17, 15) is 0 Å². The van der Waals surface area contributed by atoms with Crippen LogP contribution in [0, 0.1) is 0 Å². The third-order valence-corrected chi connectivity index (χ3v) is 3.62. The summed E-state index contributed by atoms with van der Waals surface area (Å²) in [5, 5.41) is 3.43. The first-order chi connectivity index (χ1) is 9.13. The fourth-order valence-corrected chi connectivity index (χ4v) is 2.35. The standard InChI is InChI=1S/C16H25N3/c1-5-9-17-10-8-16-18-14-11-13(12(2)3)6-7-15(14)19(16)4/h6-7,11-12,17H,5,8-10H2,1-4H3. The molecule has 1 heterocycles. The number of benzene rings is 1. The Kier molecular flexibility index (Phi) is 4.59. The molecular weight excluding hydrogens is 234 g/mol. The molecule has 0 unspecified atom stereocenters. The number of imidazole rings is 1. The number of nitrogens with one attached hydrogen (secondary N) is 1. The maximum absolute atomic E-state index is 4.78. The average molecular weight is 259 g/mol. The van der Waals surface area contributed by atoms with Gasteiger partial charge in [0, 0.05) is 20.0 Å². The molecule has 1 aromatic carbocycles. The van der Waals surface area contributed by atoms with Gasteiger partial charge in [-0.1, -0.05) is 26.8 Å². The molecule has 0 aliphatic rings. The highest BCUT2D eigenvalue weighted by molar-refractivity contribution is 5.77. The first kappa shape index (κ1) is 14.1. The molecule has 0 atom stereocenters. The van der Waals surface area contributed by atoms with Crippen LogP contribution in [0.2, 0.25) is 0 Å². The first-order valence-electron chi connectivity index (χ1n) is 7.29. The van der Waals surface area contributed by atoms with E-state index in [1.807, 2.05) is 0 Å². The van der Waals surface area contributed by atoms with Gasteiger partial charge in [-0.25, -0.2) is 4.98 Å². The van der Waals surface area contributed by atoms with Crippen LogP contribution in [0.15, 0.2) is 18.2 Å². The van der Waals surface area contributed by atoms with Gasteiger partial charge in [-0.15, -0.1) is 0 Å². The van der Waals surface area contributed by atoms with E-state index in [0.29, 0.717) is 5.92 Å². The molecule has 0 aliphatic carbocycles. The minimum atomic E-state index is 0.557. The van der Waals surface area contributed by atoms with Crippen molar-refractivity contribution in [2.75, 3.05) is 13.1 Å². The number of fused-ring (bicyclic) bond motifs is 1. The summed E-state index contributed by atoms with van der Waals surface area (Å²) in [6, 6.07) is 6.64. The molecule has 1 N–H and O–H groups in total. The number of hydrogen-bond donors (Lipinski definition) is 1. The summed E-state index contributed by atoms with van der Waals surface area (Å²) in [5.74, 6) is 1.72. The average Bonchev–Trinajstić information content (AvgIpc) is 2.71. The van der Waals surface area contributed by atoms with E-state index in [4.69, 9.17) is 4.98 Å². The summed E-state index contributed by atoms with van der Waals surface area (Å²) in [6.07, 6.45) is 2.17. The molecule has 0 fully saturated rings. The molecular formula is C16H25N3. The van der Waals surface area contributed by atoms with E-state index in [2.05, 4.69) is 55.9 Å². The minimum absolute atomic E-state index is 0.557. The fourth-order valence-electron chi connectivity index (χ4n) is 2.35. The third kappa shape index (κ3) is 3.16. The molecule has 1 aromatic heterocycles. The normalized spacial score (nSPS) is 11.6. The Morgan fingerprint density at radius 3 is 2.74 bits per heavy atom. The van der Waals surface area contributed by atoms with Crippen LogP contribution in [0.1, 0.15) is 44.5 Å². The first-order valence-corrected chi connectivity index (χ1v) is 7.29. The number of rotatable bonds is 6. The Balaban J connectivity index is 2.19. The Hall–Kier alpha value is -1.35. The van der Waals surface area contributed by atoms with Crippen LogP contribution in [-0.2, 0) is 13.5 Å². The number of nitrogens with zero attached hydrogens (tertiary/aromatic N) is 2. The predicted molar refractivity (Wildman–Crippen MR) is 81.7 cm³/mol. The number of aryl methyl sites for hydroxylation is 1. The Morgan fingerprint density at radius 2 is 2.05 bits per heavy atom. The number of hydrogen-bond acceptors (Lipinski definition) is 2. The van der Waals surface area contributed by atoms with Crippen molar-refractivity contribution in [1.82, 2.24) is 14.9 Å². The van der Waals surface area contributed by atoms with Crippen molar-refractivity contribution in [2.24, 2.45) is 7.05 Å². The van der Waals surface area contributed by atoms with Gasteiger partial charge in [0.15, 0.2) is 0 Å². The molecule has 2 aromatic rings. The third-order valence-electron chi connectivity index (χ3n) is 3.62. The summed E-state index contributed by atoms with van der Waals surface area (Å²) in [7, 11) is 2.11. The summed E-state index contributed by atoms with van der Waals surface area (Å²) in [5.41, 5.74) is 3.72. The van der Waals surface area contributed by atoms with E-state index in [0.717, 1.165) is 25.0 Å². The Bertz CT molecular complexity index is 540. The second-order valence-corrected chi connectivity index (χ2v) is 5.49. The highest BCUT2D eigenvalue weighted by atomic mass is 15.1. The van der Waals surface area contributed by atoms with Gasteiger partial charge >= 0.3 is 0 Å². The second-order valence-electron chi connectivity index (χ2n) is 5.49. The van der Waals surface area contributed by atoms with Crippen molar-refractivity contribution in [3.05, 3.63) is 29.6 Å². The molecule has 0 amide bonds. The van der Waals surface area contributed by atoms with Crippen LogP contribution in [0.25, 0.3) is 11.0 Å². The van der Waals surface area contributed by atoms with Gasteiger partial charge in [-0.2, -0.15) is 0 Å². The zero-order chi connectivity index (χ0) is 13.8. The van der Waals surface area contributed by atoms with E-state index in [-0.39, 0.29) is 0 Å². The summed E-state index contributed by atoms with van der Waals surface area (Å²) >= 11 is 0. The van der Waals surface area contributed by atoms with Crippen LogP contribution < -0.4 is 5.32 Å². The monoisotopic (exact) mass is 259 g/mol. The van der Waals surface area contributed by atoms with Gasteiger partial charge in [-0.3, -0.25) is 0 Å². The summed E-state index contributed by atoms with van der Waals surface area (Å²) in [6.45, 7) is 8.72. The molecule has 2 rings (SSSR count). The van der Waals surface area contributed by atoms with Crippen molar-refractivity contribution >= 4 is 11.0 Å². The van der Waals surface area contributed by atoms with Crippen molar-refractivity contribution in [2.45, 2.75) is 39.5 Å². The molecule has 0 saturated heterocycles. The second kappa shape index (κ2) is 6.20. The van der Waals surface area contributed by atoms with Crippen LogP contribution >= 0.6 is 0 Å². The topological polar surface area (TPSA) is 29.9 Å². The number of aromatic nitrogens is 2. The van der Waals surface area contributed by atoms with E-state index < -0.39 is 0 Å². The molecule has 0 spiro atoms. The minimum Gasteiger partial charge on any atom is -0.331 e. The van der Waals surface area contributed by atoms with Gasteiger partial charge in [0.25, 0.3) is 0 Å². The van der Waals surface area contributed by atoms with Crippen molar-refractivity contribution < 1.29 is 0 Å². The van der Waals surface area contributed by atoms with Crippen LogP contribution in [0.5, 0.6) is 0 Å². The Morgan fingerprint density at radius 1 is 1.26 bits per heavy atom. The predicted octanol–water partition coefficient (Wildman–Crippen LogP) is 3.24.